The van der Waals surface area contributed by atoms with Gasteiger partial charge in [-0.2, -0.15) is 0 Å². The summed E-state index contributed by atoms with van der Waals surface area (Å²) in [6.45, 7) is 7.37. The number of aliphatic hydroxyl groups excluding tert-OH is 1. The van der Waals surface area contributed by atoms with Crippen LogP contribution in [0.1, 0.15) is 43.7 Å². The number of aromatic nitrogens is 1. The Morgan fingerprint density at radius 3 is 2.46 bits per heavy atom. The Balaban J connectivity index is 2.25. The summed E-state index contributed by atoms with van der Waals surface area (Å²) >= 11 is 0. The summed E-state index contributed by atoms with van der Waals surface area (Å²) in [4.78, 5) is 28.7. The fourth-order valence-electron chi connectivity index (χ4n) is 2.55. The summed E-state index contributed by atoms with van der Waals surface area (Å²) in [5.74, 6) is -0.369. The van der Waals surface area contributed by atoms with Crippen LogP contribution in [0.3, 0.4) is 0 Å². The third kappa shape index (κ3) is 6.35. The minimum absolute atomic E-state index is 0.136. The molecule has 0 saturated carbocycles. The summed E-state index contributed by atoms with van der Waals surface area (Å²) in [5, 5.41) is 14.8. The van der Waals surface area contributed by atoms with Crippen molar-refractivity contribution in [2.24, 2.45) is 0 Å². The highest BCUT2D eigenvalue weighted by Crippen LogP contribution is 2.26. The van der Waals surface area contributed by atoms with Crippen molar-refractivity contribution in [2.45, 2.75) is 45.9 Å². The standard InChI is InChI=1S/C21H27N3O4/c1-14(25)12-23-19(26)18-17(10-7-11-22-18)16-9-6-5-8-15(16)13-24-20(27)28-21(2,3)4/h5-11,14,25H,12-13H2,1-4H3,(H,23,26)(H,24,27)/t14-/m1/s1. The highest BCUT2D eigenvalue weighted by molar-refractivity contribution is 5.99. The monoisotopic (exact) mass is 385 g/mol. The van der Waals surface area contributed by atoms with Gasteiger partial charge in [0.25, 0.3) is 5.91 Å². The minimum Gasteiger partial charge on any atom is -0.444 e. The van der Waals surface area contributed by atoms with Crippen LogP contribution in [0.2, 0.25) is 0 Å². The molecule has 2 amide bonds. The van der Waals surface area contributed by atoms with Gasteiger partial charge in [0, 0.05) is 24.8 Å². The summed E-state index contributed by atoms with van der Waals surface area (Å²) < 4.78 is 5.27. The number of hydrogen-bond donors (Lipinski definition) is 3. The lowest BCUT2D eigenvalue weighted by Crippen LogP contribution is -2.32. The third-order valence-electron chi connectivity index (χ3n) is 3.71. The van der Waals surface area contributed by atoms with Crippen molar-refractivity contribution in [1.82, 2.24) is 15.6 Å². The molecule has 0 unspecified atom stereocenters. The van der Waals surface area contributed by atoms with Crippen LogP contribution in [-0.4, -0.2) is 40.3 Å². The largest absolute Gasteiger partial charge is 0.444 e. The second-order valence-corrected chi connectivity index (χ2v) is 7.47. The van der Waals surface area contributed by atoms with E-state index < -0.39 is 17.8 Å². The third-order valence-corrected chi connectivity index (χ3v) is 3.71. The first-order valence-corrected chi connectivity index (χ1v) is 9.14. The molecule has 1 aromatic heterocycles. The maximum atomic E-state index is 12.5. The van der Waals surface area contributed by atoms with E-state index in [1.165, 1.54) is 0 Å². The molecule has 0 aliphatic rings. The van der Waals surface area contributed by atoms with Gasteiger partial charge in [-0.15, -0.1) is 0 Å². The van der Waals surface area contributed by atoms with Gasteiger partial charge in [0.2, 0.25) is 0 Å². The zero-order valence-corrected chi connectivity index (χ0v) is 16.7. The zero-order chi connectivity index (χ0) is 20.7. The topological polar surface area (TPSA) is 101 Å². The van der Waals surface area contributed by atoms with E-state index in [9.17, 15) is 14.7 Å². The first kappa shape index (κ1) is 21.4. The lowest BCUT2D eigenvalue weighted by molar-refractivity contribution is 0.0523. The minimum atomic E-state index is -0.651. The molecule has 0 fully saturated rings. The van der Waals surface area contributed by atoms with Crippen LogP contribution in [0.4, 0.5) is 4.79 Å². The Hall–Kier alpha value is -2.93. The highest BCUT2D eigenvalue weighted by Gasteiger charge is 2.18. The van der Waals surface area contributed by atoms with Crippen molar-refractivity contribution < 1.29 is 19.4 Å². The van der Waals surface area contributed by atoms with Crippen LogP contribution in [0, 0.1) is 0 Å². The molecule has 3 N–H and O–H groups in total. The molecular formula is C21H27N3O4. The Morgan fingerprint density at radius 2 is 1.79 bits per heavy atom. The zero-order valence-electron chi connectivity index (χ0n) is 16.7. The maximum absolute atomic E-state index is 12.5. The number of nitrogens with one attached hydrogen (secondary N) is 2. The fourth-order valence-corrected chi connectivity index (χ4v) is 2.55. The van der Waals surface area contributed by atoms with E-state index in [2.05, 4.69) is 15.6 Å². The second kappa shape index (κ2) is 9.32. The van der Waals surface area contributed by atoms with Crippen molar-refractivity contribution in [3.8, 4) is 11.1 Å². The van der Waals surface area contributed by atoms with Crippen LogP contribution >= 0.6 is 0 Å². The number of ether oxygens (including phenoxy) is 1. The highest BCUT2D eigenvalue weighted by atomic mass is 16.6. The molecule has 0 saturated heterocycles. The number of amides is 2. The molecule has 28 heavy (non-hydrogen) atoms. The van der Waals surface area contributed by atoms with Crippen LogP contribution in [-0.2, 0) is 11.3 Å². The Bertz CT molecular complexity index is 828. The molecule has 150 valence electrons. The van der Waals surface area contributed by atoms with Gasteiger partial charge in [-0.1, -0.05) is 30.3 Å². The number of benzene rings is 1. The molecular weight excluding hydrogens is 358 g/mol. The van der Waals surface area contributed by atoms with Gasteiger partial charge in [0.05, 0.1) is 6.10 Å². The Morgan fingerprint density at radius 1 is 1.11 bits per heavy atom. The van der Waals surface area contributed by atoms with Crippen molar-refractivity contribution in [1.29, 1.82) is 0 Å². The number of nitrogens with zero attached hydrogens (tertiary/aromatic N) is 1. The lowest BCUT2D eigenvalue weighted by atomic mass is 9.98. The lowest BCUT2D eigenvalue weighted by Gasteiger charge is -2.20. The van der Waals surface area contributed by atoms with Crippen LogP contribution < -0.4 is 10.6 Å². The smallest absolute Gasteiger partial charge is 0.407 e. The molecule has 1 atom stereocenters. The predicted molar refractivity (Wildman–Crippen MR) is 107 cm³/mol. The summed E-state index contributed by atoms with van der Waals surface area (Å²) in [6, 6.07) is 11.0. The summed E-state index contributed by atoms with van der Waals surface area (Å²) in [6.07, 6.45) is 0.382. The number of pyridine rings is 1. The fraction of sp³-hybridized carbons (Fsp3) is 0.381. The molecule has 1 aromatic carbocycles. The quantitative estimate of drug-likeness (QED) is 0.710. The van der Waals surface area contributed by atoms with E-state index >= 15 is 0 Å². The number of aliphatic hydroxyl groups is 1. The average molecular weight is 385 g/mol. The molecule has 0 bridgehead atoms. The van der Waals surface area contributed by atoms with E-state index in [4.69, 9.17) is 4.74 Å². The molecule has 2 aromatic rings. The van der Waals surface area contributed by atoms with E-state index in [0.717, 1.165) is 11.1 Å². The number of rotatable bonds is 6. The Kier molecular flexibility index (Phi) is 7.12. The normalized spacial score (nSPS) is 12.2. The van der Waals surface area contributed by atoms with E-state index in [-0.39, 0.29) is 24.7 Å². The molecule has 0 aliphatic heterocycles. The van der Waals surface area contributed by atoms with Crippen LogP contribution in [0.25, 0.3) is 11.1 Å². The first-order chi connectivity index (χ1) is 13.2. The molecule has 2 rings (SSSR count). The van der Waals surface area contributed by atoms with Crippen LogP contribution in [0.15, 0.2) is 42.6 Å². The van der Waals surface area contributed by atoms with Gasteiger partial charge in [0.1, 0.15) is 11.3 Å². The van der Waals surface area contributed by atoms with Crippen molar-refractivity contribution in [2.75, 3.05) is 6.54 Å². The number of hydrogen-bond acceptors (Lipinski definition) is 5. The molecule has 0 radical (unpaired) electrons. The van der Waals surface area contributed by atoms with E-state index in [1.807, 2.05) is 24.3 Å². The SMILES string of the molecule is C[C@@H](O)CNC(=O)c1ncccc1-c1ccccc1CNC(=O)OC(C)(C)C. The van der Waals surface area contributed by atoms with Gasteiger partial charge in [0.15, 0.2) is 0 Å². The molecule has 0 spiro atoms. The number of alkyl carbamates (subject to hydrolysis) is 1. The van der Waals surface area contributed by atoms with Gasteiger partial charge >= 0.3 is 6.09 Å². The van der Waals surface area contributed by atoms with E-state index in [1.54, 1.807) is 46.0 Å². The molecule has 1 heterocycles. The van der Waals surface area contributed by atoms with Crippen molar-refractivity contribution in [3.63, 3.8) is 0 Å². The molecule has 7 nitrogen and oxygen atoms in total. The van der Waals surface area contributed by atoms with Gasteiger partial charge in [-0.3, -0.25) is 9.78 Å². The summed E-state index contributed by atoms with van der Waals surface area (Å²) in [7, 11) is 0. The number of carbonyl (C=O) groups is 2. The van der Waals surface area contributed by atoms with Crippen molar-refractivity contribution >= 4 is 12.0 Å². The first-order valence-electron chi connectivity index (χ1n) is 9.14. The summed E-state index contributed by atoms with van der Waals surface area (Å²) in [5.41, 5.74) is 1.93. The van der Waals surface area contributed by atoms with Gasteiger partial charge < -0.3 is 20.5 Å². The number of carbonyl (C=O) groups excluding carboxylic acids is 2. The van der Waals surface area contributed by atoms with Crippen LogP contribution in [0.5, 0.6) is 0 Å². The molecule has 0 aliphatic carbocycles. The maximum Gasteiger partial charge on any atom is 0.407 e. The van der Waals surface area contributed by atoms with E-state index in [0.29, 0.717) is 5.56 Å². The average Bonchev–Trinajstić information content (AvgIpc) is 2.63. The molecule has 7 heteroatoms. The van der Waals surface area contributed by atoms with Gasteiger partial charge in [-0.05, 0) is 44.9 Å². The second-order valence-electron chi connectivity index (χ2n) is 7.47. The predicted octanol–water partition coefficient (Wildman–Crippen LogP) is 2.88. The van der Waals surface area contributed by atoms with Crippen molar-refractivity contribution in [3.05, 3.63) is 53.9 Å². The Labute approximate surface area is 165 Å². The van der Waals surface area contributed by atoms with Gasteiger partial charge in [-0.25, -0.2) is 4.79 Å².